The van der Waals surface area contributed by atoms with Crippen molar-refractivity contribution in [3.63, 3.8) is 0 Å². The Morgan fingerprint density at radius 3 is 2.28 bits per heavy atom. The lowest BCUT2D eigenvalue weighted by Crippen LogP contribution is -2.38. The molecule has 9 heteroatoms. The minimum absolute atomic E-state index is 0.0724. The minimum atomic E-state index is -4.21. The Morgan fingerprint density at radius 2 is 1.59 bits per heavy atom. The third kappa shape index (κ3) is 4.70. The molecule has 3 rings (SSSR count). The van der Waals surface area contributed by atoms with Crippen molar-refractivity contribution in [1.29, 1.82) is 0 Å². The van der Waals surface area contributed by atoms with Crippen molar-refractivity contribution in [1.82, 2.24) is 0 Å². The molecule has 3 aromatic carbocycles. The second-order valence-electron chi connectivity index (χ2n) is 5.93. The first kappa shape index (κ1) is 21.1. The summed E-state index contributed by atoms with van der Waals surface area (Å²) in [5, 5.41) is 2.86. The van der Waals surface area contributed by atoms with E-state index in [0.29, 0.717) is 4.31 Å². The summed E-state index contributed by atoms with van der Waals surface area (Å²) in [6, 6.07) is 17.4. The predicted molar refractivity (Wildman–Crippen MR) is 112 cm³/mol. The highest BCUT2D eigenvalue weighted by Crippen LogP contribution is 2.30. The number of hydrogen-bond donors (Lipinski definition) is 1. The molecule has 0 fully saturated rings. The zero-order chi connectivity index (χ0) is 21.0. The van der Waals surface area contributed by atoms with Crippen LogP contribution in [0.25, 0.3) is 0 Å². The van der Waals surface area contributed by atoms with Gasteiger partial charge in [0.05, 0.1) is 26.3 Å². The Morgan fingerprint density at radius 1 is 0.931 bits per heavy atom. The summed E-state index contributed by atoms with van der Waals surface area (Å²) in [5.41, 5.74) is -0.0292. The third-order valence-corrected chi connectivity index (χ3v) is 6.56. The molecule has 0 unspecified atom stereocenters. The Balaban J connectivity index is 1.97. The normalized spacial score (nSPS) is 11.1. The van der Waals surface area contributed by atoms with Crippen molar-refractivity contribution in [2.75, 3.05) is 16.2 Å². The van der Waals surface area contributed by atoms with Crippen molar-refractivity contribution < 1.29 is 17.6 Å². The van der Waals surface area contributed by atoms with Crippen LogP contribution in [0.1, 0.15) is 0 Å². The van der Waals surface area contributed by atoms with Gasteiger partial charge in [-0.3, -0.25) is 9.10 Å². The quantitative estimate of drug-likeness (QED) is 0.574. The second-order valence-corrected chi connectivity index (χ2v) is 8.57. The van der Waals surface area contributed by atoms with Gasteiger partial charge in [-0.15, -0.1) is 0 Å². The number of amides is 1. The lowest BCUT2D eigenvalue weighted by atomic mass is 10.3. The molecule has 150 valence electrons. The maximum absolute atomic E-state index is 14.4. The number of nitrogens with one attached hydrogen (secondary N) is 1. The molecule has 0 atom stereocenters. The molecule has 0 bridgehead atoms. The summed E-state index contributed by atoms with van der Waals surface area (Å²) in [6.45, 7) is -0.666. The zero-order valence-electron chi connectivity index (χ0n) is 14.8. The first-order chi connectivity index (χ1) is 13.8. The molecule has 1 amide bonds. The molecule has 0 saturated heterocycles. The first-order valence-corrected chi connectivity index (χ1v) is 10.6. The molecule has 0 radical (unpaired) electrons. The van der Waals surface area contributed by atoms with E-state index in [-0.39, 0.29) is 26.3 Å². The highest BCUT2D eigenvalue weighted by Gasteiger charge is 2.29. The fourth-order valence-electron chi connectivity index (χ4n) is 2.59. The number of sulfonamides is 1. The highest BCUT2D eigenvalue weighted by molar-refractivity contribution is 7.92. The number of halogens is 3. The topological polar surface area (TPSA) is 66.5 Å². The van der Waals surface area contributed by atoms with Gasteiger partial charge in [0.2, 0.25) is 5.91 Å². The smallest absolute Gasteiger partial charge is 0.264 e. The lowest BCUT2D eigenvalue weighted by molar-refractivity contribution is -0.114. The van der Waals surface area contributed by atoms with Gasteiger partial charge in [0.15, 0.2) is 0 Å². The van der Waals surface area contributed by atoms with E-state index in [1.165, 1.54) is 48.5 Å². The zero-order valence-corrected chi connectivity index (χ0v) is 17.2. The van der Waals surface area contributed by atoms with Crippen molar-refractivity contribution in [2.24, 2.45) is 0 Å². The van der Waals surface area contributed by atoms with E-state index in [9.17, 15) is 17.6 Å². The molecule has 5 nitrogen and oxygen atoms in total. The number of para-hydroxylation sites is 1. The van der Waals surface area contributed by atoms with Crippen molar-refractivity contribution in [3.8, 4) is 0 Å². The number of nitrogens with zero attached hydrogens (tertiary/aromatic N) is 1. The van der Waals surface area contributed by atoms with Crippen LogP contribution in [0.5, 0.6) is 0 Å². The van der Waals surface area contributed by atoms with E-state index < -0.39 is 28.3 Å². The van der Waals surface area contributed by atoms with Gasteiger partial charge in [0.1, 0.15) is 12.4 Å². The summed E-state index contributed by atoms with van der Waals surface area (Å²) in [7, 11) is -4.21. The average Bonchev–Trinajstić information content (AvgIpc) is 2.71. The fourth-order valence-corrected chi connectivity index (χ4v) is 4.39. The number of anilines is 2. The summed E-state index contributed by atoms with van der Waals surface area (Å²) in [6.07, 6.45) is 0. The Bertz CT molecular complexity index is 1140. The van der Waals surface area contributed by atoms with Crippen LogP contribution in [-0.4, -0.2) is 20.9 Å². The number of carbonyl (C=O) groups is 1. The van der Waals surface area contributed by atoms with E-state index in [1.54, 1.807) is 18.2 Å². The standard InChI is InChI=1S/C20H15Cl2FN2O3S/c21-15-9-6-11-17(20(15)22)24-19(26)13-25(18-12-5-4-10-16(18)23)29(27,28)14-7-2-1-3-8-14/h1-12H,13H2,(H,24,26). The molecule has 0 heterocycles. The molecule has 0 spiro atoms. The summed E-state index contributed by atoms with van der Waals surface area (Å²) in [4.78, 5) is 12.5. The third-order valence-electron chi connectivity index (χ3n) is 3.97. The summed E-state index contributed by atoms with van der Waals surface area (Å²) in [5.74, 6) is -1.49. The minimum Gasteiger partial charge on any atom is -0.323 e. The van der Waals surface area contributed by atoms with Crippen LogP contribution in [0, 0.1) is 5.82 Å². The lowest BCUT2D eigenvalue weighted by Gasteiger charge is -2.24. The number of rotatable bonds is 6. The molecule has 29 heavy (non-hydrogen) atoms. The van der Waals surface area contributed by atoms with E-state index in [0.717, 1.165) is 6.07 Å². The molecular weight excluding hydrogens is 438 g/mol. The Hall–Kier alpha value is -2.61. The molecule has 0 aliphatic carbocycles. The van der Waals surface area contributed by atoms with Gasteiger partial charge in [0.25, 0.3) is 10.0 Å². The predicted octanol–water partition coefficient (Wildman–Crippen LogP) is 4.97. The van der Waals surface area contributed by atoms with Gasteiger partial charge >= 0.3 is 0 Å². The monoisotopic (exact) mass is 452 g/mol. The number of hydrogen-bond acceptors (Lipinski definition) is 3. The van der Waals surface area contributed by atoms with Gasteiger partial charge in [-0.05, 0) is 36.4 Å². The number of carbonyl (C=O) groups excluding carboxylic acids is 1. The van der Waals surface area contributed by atoms with Crippen molar-refractivity contribution in [3.05, 3.63) is 88.7 Å². The van der Waals surface area contributed by atoms with Gasteiger partial charge in [-0.1, -0.05) is 59.6 Å². The van der Waals surface area contributed by atoms with Crippen LogP contribution in [-0.2, 0) is 14.8 Å². The van der Waals surface area contributed by atoms with Crippen LogP contribution < -0.4 is 9.62 Å². The van der Waals surface area contributed by atoms with Crippen LogP contribution >= 0.6 is 23.2 Å². The maximum atomic E-state index is 14.4. The Kier molecular flexibility index (Phi) is 6.42. The SMILES string of the molecule is O=C(CN(c1ccccc1F)S(=O)(=O)c1ccccc1)Nc1cccc(Cl)c1Cl. The van der Waals surface area contributed by atoms with E-state index in [1.807, 2.05) is 0 Å². The highest BCUT2D eigenvalue weighted by atomic mass is 35.5. The van der Waals surface area contributed by atoms with Crippen molar-refractivity contribution in [2.45, 2.75) is 4.90 Å². The largest absolute Gasteiger partial charge is 0.323 e. The van der Waals surface area contributed by atoms with Crippen LogP contribution in [0.3, 0.4) is 0 Å². The Labute approximate surface area is 177 Å². The van der Waals surface area contributed by atoms with E-state index >= 15 is 0 Å². The molecule has 0 saturated carbocycles. The molecule has 0 aliphatic rings. The first-order valence-electron chi connectivity index (χ1n) is 8.37. The molecule has 1 N–H and O–H groups in total. The van der Waals surface area contributed by atoms with Gasteiger partial charge in [-0.25, -0.2) is 12.8 Å². The van der Waals surface area contributed by atoms with Crippen LogP contribution in [0.2, 0.25) is 10.0 Å². The van der Waals surface area contributed by atoms with Gasteiger partial charge < -0.3 is 5.32 Å². The van der Waals surface area contributed by atoms with Crippen LogP contribution in [0.4, 0.5) is 15.8 Å². The molecule has 0 aliphatic heterocycles. The fraction of sp³-hybridized carbons (Fsp3) is 0.0500. The van der Waals surface area contributed by atoms with Gasteiger partial charge in [-0.2, -0.15) is 0 Å². The van der Waals surface area contributed by atoms with Gasteiger partial charge in [0, 0.05) is 0 Å². The average molecular weight is 453 g/mol. The maximum Gasteiger partial charge on any atom is 0.264 e. The number of benzene rings is 3. The molecular formula is C20H15Cl2FN2O3S. The molecule has 0 aromatic heterocycles. The van der Waals surface area contributed by atoms with E-state index in [2.05, 4.69) is 5.32 Å². The second kappa shape index (κ2) is 8.82. The van der Waals surface area contributed by atoms with Crippen LogP contribution in [0.15, 0.2) is 77.7 Å². The summed E-state index contributed by atoms with van der Waals surface area (Å²) >= 11 is 12.0. The van der Waals surface area contributed by atoms with Crippen molar-refractivity contribution >= 4 is 50.5 Å². The summed E-state index contributed by atoms with van der Waals surface area (Å²) < 4.78 is 41.4. The molecule has 3 aromatic rings. The van der Waals surface area contributed by atoms with E-state index in [4.69, 9.17) is 23.2 Å².